The van der Waals surface area contributed by atoms with E-state index in [9.17, 15) is 8.42 Å². The van der Waals surface area contributed by atoms with Gasteiger partial charge in [-0.2, -0.15) is 0 Å². The molecule has 1 aliphatic carbocycles. The van der Waals surface area contributed by atoms with Gasteiger partial charge in [0, 0.05) is 13.2 Å². The van der Waals surface area contributed by atoms with Crippen LogP contribution in [0.5, 0.6) is 0 Å². The highest BCUT2D eigenvalue weighted by molar-refractivity contribution is 7.89. The number of hydrogen-bond donors (Lipinski definition) is 2. The molecule has 112 valence electrons. The number of aliphatic hydroxyl groups is 1. The van der Waals surface area contributed by atoms with Crippen molar-refractivity contribution in [2.24, 2.45) is 5.92 Å². The van der Waals surface area contributed by atoms with E-state index in [4.69, 9.17) is 5.11 Å². The molecular weight excluding hydrogens is 274 g/mol. The lowest BCUT2D eigenvalue weighted by atomic mass is 9.87. The first-order chi connectivity index (χ1) is 9.61. The van der Waals surface area contributed by atoms with Crippen LogP contribution in [-0.4, -0.2) is 32.4 Å². The minimum Gasteiger partial charge on any atom is -0.396 e. The van der Waals surface area contributed by atoms with Gasteiger partial charge in [-0.25, -0.2) is 13.1 Å². The standard InChI is InChI=1S/C15H23NO3S/c17-10-9-15(14-7-2-1-3-8-14)11-16-20(18,19)12-13-5-4-6-13/h1-3,7-8,13,15-17H,4-6,9-12H2. The van der Waals surface area contributed by atoms with E-state index in [1.54, 1.807) is 0 Å². The van der Waals surface area contributed by atoms with Crippen LogP contribution in [0.4, 0.5) is 0 Å². The molecule has 5 heteroatoms. The van der Waals surface area contributed by atoms with Gasteiger partial charge in [0.15, 0.2) is 0 Å². The number of rotatable bonds is 8. The highest BCUT2D eigenvalue weighted by Gasteiger charge is 2.25. The van der Waals surface area contributed by atoms with E-state index in [2.05, 4.69) is 4.72 Å². The summed E-state index contributed by atoms with van der Waals surface area (Å²) in [6.45, 7) is 0.420. The number of sulfonamides is 1. The van der Waals surface area contributed by atoms with E-state index in [-0.39, 0.29) is 18.3 Å². The highest BCUT2D eigenvalue weighted by Crippen LogP contribution is 2.27. The Kier molecular flexibility index (Phi) is 5.57. The smallest absolute Gasteiger partial charge is 0.211 e. The number of aliphatic hydroxyl groups excluding tert-OH is 1. The van der Waals surface area contributed by atoms with Crippen LogP contribution in [0.15, 0.2) is 30.3 Å². The third kappa shape index (κ3) is 4.58. The summed E-state index contributed by atoms with van der Waals surface area (Å²) in [5.41, 5.74) is 1.06. The van der Waals surface area contributed by atoms with Gasteiger partial charge in [-0.05, 0) is 36.7 Å². The fourth-order valence-corrected chi connectivity index (χ4v) is 4.05. The van der Waals surface area contributed by atoms with Crippen LogP contribution in [0, 0.1) is 5.92 Å². The Labute approximate surface area is 121 Å². The summed E-state index contributed by atoms with van der Waals surface area (Å²) in [6, 6.07) is 9.74. The third-order valence-corrected chi connectivity index (χ3v) is 5.49. The molecule has 0 spiro atoms. The van der Waals surface area contributed by atoms with Gasteiger partial charge in [0.1, 0.15) is 0 Å². The Morgan fingerprint density at radius 1 is 1.25 bits per heavy atom. The molecule has 1 aromatic carbocycles. The summed E-state index contributed by atoms with van der Waals surface area (Å²) in [5, 5.41) is 9.14. The summed E-state index contributed by atoms with van der Waals surface area (Å²) < 4.78 is 26.7. The zero-order chi connectivity index (χ0) is 14.4. The van der Waals surface area contributed by atoms with E-state index in [0.717, 1.165) is 24.8 Å². The zero-order valence-electron chi connectivity index (χ0n) is 11.7. The predicted octanol–water partition coefficient (Wildman–Crippen LogP) is 1.87. The lowest BCUT2D eigenvalue weighted by molar-refractivity contribution is 0.275. The van der Waals surface area contributed by atoms with Crippen LogP contribution in [0.2, 0.25) is 0 Å². The van der Waals surface area contributed by atoms with Crippen molar-refractivity contribution in [1.82, 2.24) is 4.72 Å². The Hall–Kier alpha value is -0.910. The molecule has 1 aliphatic rings. The fraction of sp³-hybridized carbons (Fsp3) is 0.600. The van der Waals surface area contributed by atoms with E-state index in [1.165, 1.54) is 0 Å². The molecule has 0 aromatic heterocycles. The topological polar surface area (TPSA) is 66.4 Å². The normalized spacial score (nSPS) is 17.6. The quantitative estimate of drug-likeness (QED) is 0.770. The summed E-state index contributed by atoms with van der Waals surface area (Å²) in [4.78, 5) is 0. The average Bonchev–Trinajstić information content (AvgIpc) is 2.40. The van der Waals surface area contributed by atoms with Gasteiger partial charge in [0.25, 0.3) is 0 Å². The van der Waals surface area contributed by atoms with Gasteiger partial charge in [-0.3, -0.25) is 0 Å². The van der Waals surface area contributed by atoms with Gasteiger partial charge >= 0.3 is 0 Å². The van der Waals surface area contributed by atoms with Gasteiger partial charge in [0.05, 0.1) is 5.75 Å². The van der Waals surface area contributed by atoms with Gasteiger partial charge in [-0.15, -0.1) is 0 Å². The van der Waals surface area contributed by atoms with Crippen molar-refractivity contribution in [1.29, 1.82) is 0 Å². The zero-order valence-corrected chi connectivity index (χ0v) is 12.5. The van der Waals surface area contributed by atoms with Crippen molar-refractivity contribution < 1.29 is 13.5 Å². The molecule has 1 saturated carbocycles. The molecule has 2 rings (SSSR count). The van der Waals surface area contributed by atoms with Crippen LogP contribution in [0.25, 0.3) is 0 Å². The fourth-order valence-electron chi connectivity index (χ4n) is 2.52. The molecule has 0 saturated heterocycles. The van der Waals surface area contributed by atoms with Crippen LogP contribution in [-0.2, 0) is 10.0 Å². The van der Waals surface area contributed by atoms with Gasteiger partial charge < -0.3 is 5.11 Å². The SMILES string of the molecule is O=S(=O)(CC1CCC1)NCC(CCO)c1ccccc1. The predicted molar refractivity (Wildman–Crippen MR) is 80.0 cm³/mol. The van der Waals surface area contributed by atoms with Crippen molar-refractivity contribution in [2.75, 3.05) is 18.9 Å². The Balaban J connectivity index is 1.91. The number of nitrogens with one attached hydrogen (secondary N) is 1. The molecule has 0 heterocycles. The minimum absolute atomic E-state index is 0.0253. The van der Waals surface area contributed by atoms with E-state index in [0.29, 0.717) is 18.9 Å². The monoisotopic (exact) mass is 297 g/mol. The van der Waals surface area contributed by atoms with Crippen LogP contribution in [0.3, 0.4) is 0 Å². The molecule has 4 nitrogen and oxygen atoms in total. The third-order valence-electron chi connectivity index (χ3n) is 3.98. The minimum atomic E-state index is -3.19. The number of hydrogen-bond acceptors (Lipinski definition) is 3. The lowest BCUT2D eigenvalue weighted by Crippen LogP contribution is -2.35. The summed E-state index contributed by atoms with van der Waals surface area (Å²) in [6.07, 6.45) is 3.77. The maximum Gasteiger partial charge on any atom is 0.211 e. The first-order valence-corrected chi connectivity index (χ1v) is 8.89. The van der Waals surface area contributed by atoms with Gasteiger partial charge in [-0.1, -0.05) is 36.8 Å². The Bertz CT molecular complexity index is 497. The summed E-state index contributed by atoms with van der Waals surface area (Å²) >= 11 is 0. The average molecular weight is 297 g/mol. The molecule has 0 bridgehead atoms. The molecule has 0 amide bonds. The molecule has 1 atom stereocenters. The molecule has 0 aliphatic heterocycles. The first-order valence-electron chi connectivity index (χ1n) is 7.24. The second-order valence-electron chi connectivity index (χ2n) is 5.55. The maximum atomic E-state index is 12.0. The van der Waals surface area contributed by atoms with E-state index < -0.39 is 10.0 Å². The van der Waals surface area contributed by atoms with E-state index >= 15 is 0 Å². The second kappa shape index (κ2) is 7.20. The largest absolute Gasteiger partial charge is 0.396 e. The van der Waals surface area contributed by atoms with Crippen molar-refractivity contribution in [3.63, 3.8) is 0 Å². The Morgan fingerprint density at radius 3 is 2.50 bits per heavy atom. The van der Waals surface area contributed by atoms with Crippen molar-refractivity contribution in [3.8, 4) is 0 Å². The molecule has 1 fully saturated rings. The van der Waals surface area contributed by atoms with Crippen LogP contribution in [0.1, 0.15) is 37.2 Å². The molecular formula is C15H23NO3S. The highest BCUT2D eigenvalue weighted by atomic mass is 32.2. The van der Waals surface area contributed by atoms with Crippen molar-refractivity contribution >= 4 is 10.0 Å². The molecule has 1 unspecified atom stereocenters. The van der Waals surface area contributed by atoms with Crippen molar-refractivity contribution in [2.45, 2.75) is 31.6 Å². The van der Waals surface area contributed by atoms with Crippen molar-refractivity contribution in [3.05, 3.63) is 35.9 Å². The molecule has 1 aromatic rings. The van der Waals surface area contributed by atoms with Gasteiger partial charge in [0.2, 0.25) is 10.0 Å². The van der Waals surface area contributed by atoms with E-state index in [1.807, 2.05) is 30.3 Å². The molecule has 2 N–H and O–H groups in total. The first kappa shape index (κ1) is 15.5. The molecule has 0 radical (unpaired) electrons. The maximum absolute atomic E-state index is 12.0. The lowest BCUT2D eigenvalue weighted by Gasteiger charge is -2.25. The Morgan fingerprint density at radius 2 is 1.95 bits per heavy atom. The van der Waals surface area contributed by atoms with Crippen LogP contribution < -0.4 is 4.72 Å². The summed E-state index contributed by atoms with van der Waals surface area (Å²) in [7, 11) is -3.19. The second-order valence-corrected chi connectivity index (χ2v) is 7.40. The number of benzene rings is 1. The summed E-state index contributed by atoms with van der Waals surface area (Å²) in [5.74, 6) is 0.603. The molecule has 20 heavy (non-hydrogen) atoms. The van der Waals surface area contributed by atoms with Crippen LogP contribution >= 0.6 is 0 Å².